The predicted molar refractivity (Wildman–Crippen MR) is 91.3 cm³/mol. The van der Waals surface area contributed by atoms with Crippen LogP contribution in [0.4, 0.5) is 0 Å². The number of fused-ring (bicyclic) bond motifs is 1. The zero-order valence-electron chi connectivity index (χ0n) is 13.7. The summed E-state index contributed by atoms with van der Waals surface area (Å²) >= 11 is 0. The van der Waals surface area contributed by atoms with Crippen molar-refractivity contribution < 1.29 is 4.79 Å². The quantitative estimate of drug-likeness (QED) is 0.808. The van der Waals surface area contributed by atoms with Crippen LogP contribution in [-0.4, -0.2) is 47.3 Å². The summed E-state index contributed by atoms with van der Waals surface area (Å²) in [5, 5.41) is 8.45. The van der Waals surface area contributed by atoms with Gasteiger partial charge in [-0.25, -0.2) is 4.68 Å². The van der Waals surface area contributed by atoms with E-state index in [0.717, 1.165) is 5.39 Å². The summed E-state index contributed by atoms with van der Waals surface area (Å²) < 4.78 is 1.39. The summed E-state index contributed by atoms with van der Waals surface area (Å²) in [4.78, 5) is 26.1. The normalized spacial score (nSPS) is 12.9. The Balaban J connectivity index is 2.02. The van der Waals surface area contributed by atoms with Crippen LogP contribution in [0.3, 0.4) is 0 Å². The minimum absolute atomic E-state index is 0.146. The number of carbonyl (C=O) groups is 1. The molecule has 2 rings (SSSR count). The number of carbonyl (C=O) groups excluding carboxylic acids is 1. The molecule has 1 aromatic heterocycles. The van der Waals surface area contributed by atoms with Gasteiger partial charge in [0.2, 0.25) is 5.91 Å². The molecule has 1 atom stereocenters. The lowest BCUT2D eigenvalue weighted by molar-refractivity contribution is -0.117. The maximum Gasteiger partial charge on any atom is 0.274 e. The number of likely N-dealkylation sites (N-methyl/N-ethyl adjacent to an activating group) is 1. The predicted octanol–water partition coefficient (Wildman–Crippen LogP) is 1.02. The lowest BCUT2D eigenvalue weighted by Crippen LogP contribution is -2.38. The molecule has 0 fully saturated rings. The van der Waals surface area contributed by atoms with Crippen molar-refractivity contribution in [1.82, 2.24) is 20.0 Å². The summed E-state index contributed by atoms with van der Waals surface area (Å²) in [6.07, 6.45) is 4.97. The summed E-state index contributed by atoms with van der Waals surface area (Å²) in [6, 6.07) is 7.14. The average Bonchev–Trinajstić information content (AvgIpc) is 2.50. The SMILES string of the molecule is CC(Cn1ncc2ccccc2c1=O)NC(=O)/C=C/CN(C)C. The van der Waals surface area contributed by atoms with E-state index >= 15 is 0 Å². The molecule has 0 spiro atoms. The molecule has 0 radical (unpaired) electrons. The van der Waals surface area contributed by atoms with Crippen LogP contribution >= 0.6 is 0 Å². The molecule has 1 unspecified atom stereocenters. The van der Waals surface area contributed by atoms with Crippen molar-refractivity contribution >= 4 is 16.7 Å². The third-order valence-corrected chi connectivity index (χ3v) is 3.34. The van der Waals surface area contributed by atoms with E-state index in [4.69, 9.17) is 0 Å². The Hall–Kier alpha value is -2.47. The topological polar surface area (TPSA) is 67.2 Å². The summed E-state index contributed by atoms with van der Waals surface area (Å²) in [6.45, 7) is 2.88. The molecule has 0 saturated heterocycles. The summed E-state index contributed by atoms with van der Waals surface area (Å²) in [5.41, 5.74) is -0.146. The molecule has 6 nitrogen and oxygen atoms in total. The first-order chi connectivity index (χ1) is 11.0. The van der Waals surface area contributed by atoms with Crippen LogP contribution < -0.4 is 10.9 Å². The van der Waals surface area contributed by atoms with Gasteiger partial charge in [-0.05, 0) is 27.1 Å². The first-order valence-corrected chi connectivity index (χ1v) is 7.54. The fourth-order valence-electron chi connectivity index (χ4n) is 2.22. The average molecular weight is 314 g/mol. The molecule has 2 aromatic rings. The van der Waals surface area contributed by atoms with Crippen LogP contribution in [0.1, 0.15) is 6.92 Å². The largest absolute Gasteiger partial charge is 0.348 e. The number of rotatable bonds is 6. The summed E-state index contributed by atoms with van der Waals surface area (Å²) in [7, 11) is 3.87. The Bertz CT molecular complexity index is 765. The molecule has 0 aliphatic carbocycles. The number of aromatic nitrogens is 2. The highest BCUT2D eigenvalue weighted by Crippen LogP contribution is 2.06. The number of hydrogen-bond donors (Lipinski definition) is 1. The fraction of sp³-hybridized carbons (Fsp3) is 0.353. The maximum atomic E-state index is 12.4. The lowest BCUT2D eigenvalue weighted by atomic mass is 10.2. The lowest BCUT2D eigenvalue weighted by Gasteiger charge is -2.14. The van der Waals surface area contributed by atoms with E-state index in [2.05, 4.69) is 10.4 Å². The molecule has 122 valence electrons. The monoisotopic (exact) mass is 314 g/mol. The first kappa shape index (κ1) is 16.9. The van der Waals surface area contributed by atoms with Gasteiger partial charge in [-0.15, -0.1) is 0 Å². The van der Waals surface area contributed by atoms with E-state index < -0.39 is 0 Å². The Morgan fingerprint density at radius 1 is 1.39 bits per heavy atom. The van der Waals surface area contributed by atoms with Gasteiger partial charge in [-0.3, -0.25) is 9.59 Å². The molecular weight excluding hydrogens is 292 g/mol. The number of nitrogens with one attached hydrogen (secondary N) is 1. The second-order valence-electron chi connectivity index (χ2n) is 5.79. The van der Waals surface area contributed by atoms with Gasteiger partial charge in [0.25, 0.3) is 5.56 Å². The Kier molecular flexibility index (Phi) is 5.65. The Labute approximate surface area is 135 Å². The van der Waals surface area contributed by atoms with Crippen molar-refractivity contribution in [2.24, 2.45) is 0 Å². The van der Waals surface area contributed by atoms with Gasteiger partial charge >= 0.3 is 0 Å². The van der Waals surface area contributed by atoms with E-state index in [0.29, 0.717) is 18.5 Å². The van der Waals surface area contributed by atoms with Gasteiger partial charge in [0.15, 0.2) is 0 Å². The Morgan fingerprint density at radius 2 is 2.13 bits per heavy atom. The van der Waals surface area contributed by atoms with Crippen LogP contribution in [-0.2, 0) is 11.3 Å². The standard InChI is InChI=1S/C17H22N4O2/c1-13(19-16(22)9-6-10-20(2)3)12-21-17(23)15-8-5-4-7-14(15)11-18-21/h4-9,11,13H,10,12H2,1-3H3,(H,19,22)/b9-6+. The van der Waals surface area contributed by atoms with E-state index in [9.17, 15) is 9.59 Å². The minimum Gasteiger partial charge on any atom is -0.348 e. The van der Waals surface area contributed by atoms with Gasteiger partial charge in [-0.2, -0.15) is 5.10 Å². The number of hydrogen-bond acceptors (Lipinski definition) is 4. The van der Waals surface area contributed by atoms with Gasteiger partial charge in [0.1, 0.15) is 0 Å². The molecule has 0 aliphatic heterocycles. The first-order valence-electron chi connectivity index (χ1n) is 7.54. The van der Waals surface area contributed by atoms with Crippen molar-refractivity contribution in [2.75, 3.05) is 20.6 Å². The van der Waals surface area contributed by atoms with Gasteiger partial charge in [0, 0.05) is 24.0 Å². The molecule has 1 amide bonds. The fourth-order valence-corrected chi connectivity index (χ4v) is 2.22. The summed E-state index contributed by atoms with van der Waals surface area (Å²) in [5.74, 6) is -0.173. The zero-order valence-corrected chi connectivity index (χ0v) is 13.7. The molecule has 6 heteroatoms. The third kappa shape index (κ3) is 4.75. The van der Waals surface area contributed by atoms with Gasteiger partial charge in [-0.1, -0.05) is 24.3 Å². The maximum absolute atomic E-state index is 12.4. The molecule has 23 heavy (non-hydrogen) atoms. The van der Waals surface area contributed by atoms with Crippen molar-refractivity contribution in [2.45, 2.75) is 19.5 Å². The van der Waals surface area contributed by atoms with Crippen LogP contribution in [0.15, 0.2) is 47.4 Å². The molecule has 1 aromatic carbocycles. The molecule has 1 heterocycles. The highest BCUT2D eigenvalue weighted by molar-refractivity contribution is 5.87. The number of nitrogens with zero attached hydrogens (tertiary/aromatic N) is 3. The number of amides is 1. The Morgan fingerprint density at radius 3 is 2.87 bits per heavy atom. The highest BCUT2D eigenvalue weighted by atomic mass is 16.1. The van der Waals surface area contributed by atoms with E-state index in [-0.39, 0.29) is 17.5 Å². The second-order valence-corrected chi connectivity index (χ2v) is 5.79. The van der Waals surface area contributed by atoms with Crippen LogP contribution in [0, 0.1) is 0 Å². The van der Waals surface area contributed by atoms with Gasteiger partial charge in [0.05, 0.1) is 18.1 Å². The third-order valence-electron chi connectivity index (χ3n) is 3.34. The van der Waals surface area contributed by atoms with Crippen LogP contribution in [0.5, 0.6) is 0 Å². The van der Waals surface area contributed by atoms with Crippen molar-refractivity contribution in [1.29, 1.82) is 0 Å². The number of benzene rings is 1. The van der Waals surface area contributed by atoms with E-state index in [1.54, 1.807) is 18.3 Å². The molecule has 0 saturated carbocycles. The minimum atomic E-state index is -0.196. The van der Waals surface area contributed by atoms with Crippen molar-refractivity contribution in [3.63, 3.8) is 0 Å². The van der Waals surface area contributed by atoms with Gasteiger partial charge < -0.3 is 10.2 Å². The van der Waals surface area contributed by atoms with Crippen LogP contribution in [0.25, 0.3) is 10.8 Å². The second kappa shape index (κ2) is 7.69. The van der Waals surface area contributed by atoms with E-state index in [1.165, 1.54) is 10.8 Å². The van der Waals surface area contributed by atoms with Crippen LogP contribution in [0.2, 0.25) is 0 Å². The highest BCUT2D eigenvalue weighted by Gasteiger charge is 2.09. The molecular formula is C17H22N4O2. The van der Waals surface area contributed by atoms with Crippen molar-refractivity contribution in [3.05, 3.63) is 53.0 Å². The smallest absolute Gasteiger partial charge is 0.274 e. The molecule has 0 aliphatic rings. The van der Waals surface area contributed by atoms with E-state index in [1.807, 2.05) is 44.1 Å². The van der Waals surface area contributed by atoms with Crippen molar-refractivity contribution in [3.8, 4) is 0 Å². The zero-order chi connectivity index (χ0) is 16.8. The molecule has 0 bridgehead atoms. The molecule has 1 N–H and O–H groups in total.